The minimum Gasteiger partial charge on any atom is -0.379 e. The van der Waals surface area contributed by atoms with Gasteiger partial charge in [0.15, 0.2) is 5.96 Å². The monoisotopic (exact) mass is 513 g/mol. The first-order valence-corrected chi connectivity index (χ1v) is 8.85. The van der Waals surface area contributed by atoms with E-state index < -0.39 is 0 Å². The average molecular weight is 514 g/mol. The van der Waals surface area contributed by atoms with Gasteiger partial charge in [-0.1, -0.05) is 0 Å². The number of aromatic nitrogens is 1. The predicted octanol–water partition coefficient (Wildman–Crippen LogP) is 2.13. The second-order valence-electron chi connectivity index (χ2n) is 6.04. The summed E-state index contributed by atoms with van der Waals surface area (Å²) in [5.41, 5.74) is 1.24. The molecule has 0 aromatic carbocycles. The number of hydrogen-bond donors (Lipinski definition) is 1. The van der Waals surface area contributed by atoms with Crippen LogP contribution in [0.15, 0.2) is 21.7 Å². The minimum atomic E-state index is 0. The van der Waals surface area contributed by atoms with Crippen molar-refractivity contribution in [3.63, 3.8) is 0 Å². The van der Waals surface area contributed by atoms with Gasteiger partial charge < -0.3 is 19.5 Å². The van der Waals surface area contributed by atoms with E-state index in [-0.39, 0.29) is 24.0 Å². The molecule has 1 aliphatic rings. The lowest BCUT2D eigenvalue weighted by atomic mass is 10.2. The third kappa shape index (κ3) is 6.20. The highest BCUT2D eigenvalue weighted by molar-refractivity contribution is 14.0. The molecule has 1 unspecified atom stereocenters. The summed E-state index contributed by atoms with van der Waals surface area (Å²) >= 11 is 3.52. The third-order valence-corrected chi connectivity index (χ3v) is 4.71. The Bertz CT molecular complexity index is 531. The van der Waals surface area contributed by atoms with Crippen LogP contribution in [0.2, 0.25) is 0 Å². The normalized spacial score (nSPS) is 17.3. The van der Waals surface area contributed by atoms with Gasteiger partial charge in [-0.05, 0) is 28.9 Å². The molecule has 0 amide bonds. The zero-order valence-corrected chi connectivity index (χ0v) is 18.9. The molecular weight excluding hydrogens is 485 g/mol. The summed E-state index contributed by atoms with van der Waals surface area (Å²) in [5, 5.41) is 3.49. The number of aryl methyl sites for hydroxylation is 1. The molecule has 2 rings (SSSR count). The van der Waals surface area contributed by atoms with E-state index in [0.717, 1.165) is 49.8 Å². The fraction of sp³-hybridized carbons (Fsp3) is 0.688. The highest BCUT2D eigenvalue weighted by Crippen LogP contribution is 2.15. The number of nitrogens with zero attached hydrogens (tertiary/aromatic N) is 4. The number of guanidine groups is 1. The second kappa shape index (κ2) is 10.6. The lowest BCUT2D eigenvalue weighted by molar-refractivity contribution is 0.0211. The number of hydrogen-bond acceptors (Lipinski definition) is 3. The molecular formula is C16H29BrIN5O. The lowest BCUT2D eigenvalue weighted by Crippen LogP contribution is -2.49. The van der Waals surface area contributed by atoms with Crippen LogP contribution >= 0.6 is 39.9 Å². The van der Waals surface area contributed by atoms with E-state index in [1.54, 1.807) is 0 Å². The predicted molar refractivity (Wildman–Crippen MR) is 113 cm³/mol. The van der Waals surface area contributed by atoms with Gasteiger partial charge >= 0.3 is 0 Å². The van der Waals surface area contributed by atoms with Gasteiger partial charge in [0.05, 0.1) is 19.8 Å². The van der Waals surface area contributed by atoms with Crippen molar-refractivity contribution in [3.8, 4) is 0 Å². The molecule has 1 fully saturated rings. The van der Waals surface area contributed by atoms with E-state index in [9.17, 15) is 0 Å². The highest BCUT2D eigenvalue weighted by Gasteiger charge is 2.18. The largest absolute Gasteiger partial charge is 0.379 e. The summed E-state index contributed by atoms with van der Waals surface area (Å²) in [7, 11) is 5.96. The molecule has 1 atom stereocenters. The maximum absolute atomic E-state index is 5.41. The first kappa shape index (κ1) is 21.7. The first-order valence-electron chi connectivity index (χ1n) is 8.05. The molecule has 1 aromatic rings. The Hall–Kier alpha value is -0.320. The van der Waals surface area contributed by atoms with Crippen LogP contribution in [0, 0.1) is 0 Å². The third-order valence-electron chi connectivity index (χ3n) is 4.27. The van der Waals surface area contributed by atoms with Crippen LogP contribution in [0.25, 0.3) is 0 Å². The van der Waals surface area contributed by atoms with E-state index in [1.807, 2.05) is 7.05 Å². The van der Waals surface area contributed by atoms with Crippen LogP contribution < -0.4 is 5.32 Å². The van der Waals surface area contributed by atoms with E-state index >= 15 is 0 Å². The molecule has 1 saturated heterocycles. The van der Waals surface area contributed by atoms with Gasteiger partial charge in [-0.2, -0.15) is 0 Å². The molecule has 1 N–H and O–H groups in total. The Balaban J connectivity index is 0.00000288. The maximum atomic E-state index is 5.41. The van der Waals surface area contributed by atoms with Gasteiger partial charge in [-0.3, -0.25) is 9.89 Å². The van der Waals surface area contributed by atoms with Crippen LogP contribution in [-0.4, -0.2) is 73.3 Å². The summed E-state index contributed by atoms with van der Waals surface area (Å²) in [6.07, 6.45) is 2.07. The van der Waals surface area contributed by atoms with Crippen molar-refractivity contribution < 1.29 is 4.74 Å². The summed E-state index contributed by atoms with van der Waals surface area (Å²) in [6.45, 7) is 7.63. The summed E-state index contributed by atoms with van der Waals surface area (Å²) < 4.78 is 8.65. The van der Waals surface area contributed by atoms with Gasteiger partial charge in [0.25, 0.3) is 0 Å². The van der Waals surface area contributed by atoms with Crippen molar-refractivity contribution in [3.05, 3.63) is 22.4 Å². The number of rotatable bonds is 5. The fourth-order valence-electron chi connectivity index (χ4n) is 2.81. The minimum absolute atomic E-state index is 0. The van der Waals surface area contributed by atoms with Crippen molar-refractivity contribution >= 4 is 45.9 Å². The number of nitrogens with one attached hydrogen (secondary N) is 1. The fourth-order valence-corrected chi connectivity index (χ4v) is 3.38. The van der Waals surface area contributed by atoms with Crippen molar-refractivity contribution in [1.29, 1.82) is 0 Å². The van der Waals surface area contributed by atoms with Crippen LogP contribution in [0.1, 0.15) is 12.6 Å². The Kier molecular flexibility index (Phi) is 9.61. The quantitative estimate of drug-likeness (QED) is 0.372. The zero-order valence-electron chi connectivity index (χ0n) is 15.0. The Morgan fingerprint density at radius 1 is 1.46 bits per heavy atom. The molecule has 2 heterocycles. The number of morpholine rings is 1. The molecule has 8 heteroatoms. The number of aliphatic imine (C=N–C) groups is 1. The van der Waals surface area contributed by atoms with E-state index in [1.165, 1.54) is 5.69 Å². The van der Waals surface area contributed by atoms with E-state index in [2.05, 4.69) is 73.9 Å². The molecule has 0 spiro atoms. The molecule has 0 aliphatic carbocycles. The molecule has 6 nitrogen and oxygen atoms in total. The second-order valence-corrected chi connectivity index (χ2v) is 6.96. The summed E-state index contributed by atoms with van der Waals surface area (Å²) in [4.78, 5) is 9.01. The van der Waals surface area contributed by atoms with Gasteiger partial charge in [-0.15, -0.1) is 24.0 Å². The molecule has 0 radical (unpaired) electrons. The van der Waals surface area contributed by atoms with Crippen LogP contribution in [0.4, 0.5) is 0 Å². The van der Waals surface area contributed by atoms with Crippen LogP contribution in [-0.2, 0) is 18.3 Å². The zero-order chi connectivity index (χ0) is 16.8. The van der Waals surface area contributed by atoms with E-state index in [4.69, 9.17) is 4.74 Å². The van der Waals surface area contributed by atoms with Gasteiger partial charge in [0.2, 0.25) is 0 Å². The van der Waals surface area contributed by atoms with Crippen LogP contribution in [0.3, 0.4) is 0 Å². The van der Waals surface area contributed by atoms with Crippen molar-refractivity contribution in [2.24, 2.45) is 12.0 Å². The number of halogens is 2. The van der Waals surface area contributed by atoms with Gasteiger partial charge in [0, 0.05) is 63.2 Å². The topological polar surface area (TPSA) is 45.0 Å². The standard InChI is InChI=1S/C16H28BrN5O.HI/c1-13(22-5-7-23-8-6-22)10-19-16(18-2)21(4)12-15-9-14(17)11-20(15)3;/h9,11,13H,5-8,10,12H2,1-4H3,(H,18,19);1H. The first-order chi connectivity index (χ1) is 11.0. The lowest BCUT2D eigenvalue weighted by Gasteiger charge is -2.33. The van der Waals surface area contributed by atoms with Crippen molar-refractivity contribution in [2.75, 3.05) is 46.9 Å². The SMILES string of the molecule is CN=C(NCC(C)N1CCOCC1)N(C)Cc1cc(Br)cn1C.I. The van der Waals surface area contributed by atoms with E-state index in [0.29, 0.717) is 6.04 Å². The summed E-state index contributed by atoms with van der Waals surface area (Å²) in [5.74, 6) is 0.919. The summed E-state index contributed by atoms with van der Waals surface area (Å²) in [6, 6.07) is 2.60. The Labute approximate surface area is 170 Å². The maximum Gasteiger partial charge on any atom is 0.193 e. The molecule has 138 valence electrons. The molecule has 24 heavy (non-hydrogen) atoms. The molecule has 0 bridgehead atoms. The van der Waals surface area contributed by atoms with Crippen molar-refractivity contribution in [2.45, 2.75) is 19.5 Å². The molecule has 1 aromatic heterocycles. The molecule has 0 saturated carbocycles. The van der Waals surface area contributed by atoms with Gasteiger partial charge in [-0.25, -0.2) is 0 Å². The van der Waals surface area contributed by atoms with Gasteiger partial charge in [0.1, 0.15) is 0 Å². The number of ether oxygens (including phenoxy) is 1. The smallest absolute Gasteiger partial charge is 0.193 e. The average Bonchev–Trinajstić information content (AvgIpc) is 2.86. The Morgan fingerprint density at radius 3 is 2.67 bits per heavy atom. The molecule has 1 aliphatic heterocycles. The van der Waals surface area contributed by atoms with Crippen LogP contribution in [0.5, 0.6) is 0 Å². The van der Waals surface area contributed by atoms with Crippen molar-refractivity contribution in [1.82, 2.24) is 19.7 Å². The Morgan fingerprint density at radius 2 is 2.12 bits per heavy atom. The highest BCUT2D eigenvalue weighted by atomic mass is 127.